The minimum Gasteiger partial charge on any atom is -0.691 e. The van der Waals surface area contributed by atoms with Crippen molar-refractivity contribution in [2.24, 2.45) is 5.92 Å². The van der Waals surface area contributed by atoms with Gasteiger partial charge in [-0.2, -0.15) is 8.91 Å². The van der Waals surface area contributed by atoms with Crippen molar-refractivity contribution >= 4 is 41.4 Å². The van der Waals surface area contributed by atoms with Crippen molar-refractivity contribution in [3.8, 4) is 0 Å². The van der Waals surface area contributed by atoms with E-state index in [4.69, 9.17) is 9.84 Å². The highest BCUT2D eigenvalue weighted by molar-refractivity contribution is 7.94. The number of aliphatic carboxylic acids is 1. The van der Waals surface area contributed by atoms with E-state index in [0.717, 1.165) is 67.7 Å². The highest BCUT2D eigenvalue weighted by Gasteiger charge is 2.42. The summed E-state index contributed by atoms with van der Waals surface area (Å²) >= 11 is 0.891. The van der Waals surface area contributed by atoms with E-state index >= 15 is 0 Å². The van der Waals surface area contributed by atoms with Crippen LogP contribution in [0.15, 0.2) is 23.1 Å². The molecule has 1 aromatic carbocycles. The largest absolute Gasteiger partial charge is 0.691 e. The van der Waals surface area contributed by atoms with Crippen molar-refractivity contribution in [1.29, 1.82) is 0 Å². The van der Waals surface area contributed by atoms with Crippen LogP contribution >= 0.6 is 12.0 Å². The second kappa shape index (κ2) is 17.6. The maximum Gasteiger partial charge on any atom is 0.407 e. The van der Waals surface area contributed by atoms with Gasteiger partial charge < -0.3 is 25.7 Å². The lowest BCUT2D eigenvalue weighted by molar-refractivity contribution is -0.777. The first-order valence-corrected chi connectivity index (χ1v) is 15.8. The Morgan fingerprint density at radius 2 is 1.70 bits per heavy atom. The highest BCUT2D eigenvalue weighted by atomic mass is 32.2. The lowest BCUT2D eigenvalue weighted by atomic mass is 9.82. The number of nitrogens with zero attached hydrogens (tertiary/aromatic N) is 1. The van der Waals surface area contributed by atoms with Crippen LogP contribution in [0, 0.1) is 5.92 Å². The first-order valence-electron chi connectivity index (χ1n) is 15.1. The molecule has 43 heavy (non-hydrogen) atoms. The number of fused-ring (bicyclic) bond motifs is 1. The molecule has 2 rings (SSSR count). The lowest BCUT2D eigenvalue weighted by Gasteiger charge is -2.22. The molecule has 0 aliphatic carbocycles. The maximum absolute atomic E-state index is 12.6. The number of unbranched alkanes of at least 4 members (excludes halogenated alkanes) is 4. The zero-order chi connectivity index (χ0) is 32.0. The van der Waals surface area contributed by atoms with Crippen molar-refractivity contribution in [3.63, 3.8) is 0 Å². The molecule has 0 spiro atoms. The number of nitrogens with one attached hydrogen (secondary N) is 2. The van der Waals surface area contributed by atoms with Crippen LogP contribution in [0.25, 0.3) is 0 Å². The van der Waals surface area contributed by atoms with E-state index < -0.39 is 17.7 Å². The van der Waals surface area contributed by atoms with Crippen LogP contribution in [-0.4, -0.2) is 58.6 Å². The molecule has 1 heterocycles. The number of hydrogen-bond donors (Lipinski definition) is 3. The number of hydrogen-bond acceptors (Lipinski definition) is 8. The Hall–Kier alpha value is -2.67. The molecule has 0 bridgehead atoms. The third-order valence-electron chi connectivity index (χ3n) is 7.71. The molecule has 1 aliphatic heterocycles. The molecule has 2 amide bonds. The van der Waals surface area contributed by atoms with E-state index in [1.54, 1.807) is 20.8 Å². The molecular formula is C31H49N3O8S. The Labute approximate surface area is 259 Å². The Morgan fingerprint density at radius 3 is 2.37 bits per heavy atom. The minimum atomic E-state index is -0.801. The summed E-state index contributed by atoms with van der Waals surface area (Å²) in [5.41, 5.74) is 2.80. The monoisotopic (exact) mass is 623 g/mol. The van der Waals surface area contributed by atoms with E-state index in [1.807, 2.05) is 18.2 Å². The van der Waals surface area contributed by atoms with Gasteiger partial charge >= 0.3 is 12.1 Å². The number of carboxylic acid groups (broad SMARTS) is 1. The van der Waals surface area contributed by atoms with Crippen molar-refractivity contribution in [2.45, 2.75) is 115 Å². The molecule has 1 unspecified atom stereocenters. The van der Waals surface area contributed by atoms with Crippen LogP contribution in [0.5, 0.6) is 0 Å². The third-order valence-corrected chi connectivity index (χ3v) is 8.28. The fourth-order valence-corrected chi connectivity index (χ4v) is 5.54. The summed E-state index contributed by atoms with van der Waals surface area (Å²) in [5, 5.41) is 28.3. The van der Waals surface area contributed by atoms with Crippen LogP contribution in [-0.2, 0) is 29.1 Å². The van der Waals surface area contributed by atoms with Gasteiger partial charge in [0.25, 0.3) is 0 Å². The molecule has 0 radical (unpaired) electrons. The molecule has 242 valence electrons. The number of amides is 2. The molecule has 1 aromatic rings. The molecule has 0 aromatic heterocycles. The number of ether oxygens (including phenoxy) is 1. The van der Waals surface area contributed by atoms with Gasteiger partial charge in [-0.15, -0.1) is 0 Å². The van der Waals surface area contributed by atoms with Gasteiger partial charge in [-0.05, 0) is 78.4 Å². The predicted molar refractivity (Wildman–Crippen MR) is 163 cm³/mol. The number of carboxylic acids is 1. The Balaban J connectivity index is 1.79. The summed E-state index contributed by atoms with van der Waals surface area (Å²) in [4.78, 5) is 36.3. The van der Waals surface area contributed by atoms with E-state index in [0.29, 0.717) is 25.9 Å². The van der Waals surface area contributed by atoms with Crippen LogP contribution in [0.3, 0.4) is 0 Å². The van der Waals surface area contributed by atoms with Gasteiger partial charge in [-0.3, -0.25) is 14.6 Å². The maximum atomic E-state index is 12.6. The number of benzene rings is 1. The van der Waals surface area contributed by atoms with Crippen molar-refractivity contribution in [1.82, 2.24) is 10.6 Å². The fraction of sp³-hybridized carbons (Fsp3) is 0.677. The first-order chi connectivity index (χ1) is 20.2. The van der Waals surface area contributed by atoms with Gasteiger partial charge in [-0.1, -0.05) is 12.8 Å². The Kier molecular flexibility index (Phi) is 14.9. The topological polar surface area (TPSA) is 149 Å². The van der Waals surface area contributed by atoms with Gasteiger partial charge in [-0.25, -0.2) is 4.79 Å². The molecule has 1 aliphatic rings. The zero-order valence-electron chi connectivity index (χ0n) is 26.5. The highest BCUT2D eigenvalue weighted by Crippen LogP contribution is 2.41. The summed E-state index contributed by atoms with van der Waals surface area (Å²) < 4.78 is 12.1. The quantitative estimate of drug-likeness (QED) is 0.0624. The van der Waals surface area contributed by atoms with Gasteiger partial charge in [0.15, 0.2) is 5.71 Å². The number of carbonyl (C=O) groups excluding carboxylic acids is 2. The molecule has 0 fully saturated rings. The molecule has 0 saturated heterocycles. The summed E-state index contributed by atoms with van der Waals surface area (Å²) in [7, 11) is 0. The second-order valence-electron chi connectivity index (χ2n) is 12.6. The van der Waals surface area contributed by atoms with E-state index in [2.05, 4.69) is 45.4 Å². The van der Waals surface area contributed by atoms with Crippen LogP contribution in [0.4, 0.5) is 10.5 Å². The minimum absolute atomic E-state index is 0.0159. The zero-order valence-corrected chi connectivity index (χ0v) is 27.3. The van der Waals surface area contributed by atoms with Gasteiger partial charge in [0, 0.05) is 55.8 Å². The van der Waals surface area contributed by atoms with Gasteiger partial charge in [0.05, 0.1) is 17.5 Å². The average Bonchev–Trinajstić information content (AvgIpc) is 3.11. The number of rotatable bonds is 19. The summed E-state index contributed by atoms with van der Waals surface area (Å²) in [5.74, 6) is -0.792. The molecule has 0 saturated carbocycles. The molecule has 1 atom stereocenters. The summed E-state index contributed by atoms with van der Waals surface area (Å²) in [6.07, 6.45) is 5.66. The van der Waals surface area contributed by atoms with Crippen LogP contribution in [0.1, 0.15) is 105 Å². The lowest BCUT2D eigenvalue weighted by Crippen LogP contribution is -2.39. The second-order valence-corrected chi connectivity index (χ2v) is 13.4. The summed E-state index contributed by atoms with van der Waals surface area (Å²) in [6, 6.07) is 5.97. The van der Waals surface area contributed by atoms with E-state index in [9.17, 15) is 19.6 Å². The van der Waals surface area contributed by atoms with Crippen molar-refractivity contribution in [2.75, 3.05) is 19.6 Å². The van der Waals surface area contributed by atoms with E-state index in [-0.39, 0.29) is 23.7 Å². The Morgan fingerprint density at radius 1 is 1.02 bits per heavy atom. The fourth-order valence-electron chi connectivity index (χ4n) is 5.14. The van der Waals surface area contributed by atoms with Crippen molar-refractivity contribution < 1.29 is 43.4 Å². The van der Waals surface area contributed by atoms with Crippen LogP contribution in [0.2, 0.25) is 0 Å². The molecular weight excluding hydrogens is 574 g/mol. The van der Waals surface area contributed by atoms with Crippen molar-refractivity contribution in [3.05, 3.63) is 23.8 Å². The normalized spacial score (nSPS) is 14.8. The SMILES string of the molecule is CC1=[N+](CCCCCC(=O)NCC(CCCCCC(=O)O)CNC(=O)OC(C)(C)C)c2ccc(SOO[O-])cc2C1(C)C. The number of carbonyl (C=O) groups is 3. The predicted octanol–water partition coefficient (Wildman–Crippen LogP) is 5.17. The summed E-state index contributed by atoms with van der Waals surface area (Å²) in [6.45, 7) is 13.6. The van der Waals surface area contributed by atoms with Gasteiger partial charge in [0.1, 0.15) is 12.1 Å². The number of alkyl carbamates (subject to hydrolysis) is 1. The molecule has 12 heteroatoms. The van der Waals surface area contributed by atoms with E-state index in [1.165, 1.54) is 11.3 Å². The van der Waals surface area contributed by atoms with Gasteiger partial charge in [0.2, 0.25) is 11.6 Å². The van der Waals surface area contributed by atoms with Crippen LogP contribution < -0.4 is 15.9 Å². The smallest absolute Gasteiger partial charge is 0.407 e. The average molecular weight is 624 g/mol. The Bertz CT molecular complexity index is 1120. The molecule has 3 N–H and O–H groups in total. The first kappa shape index (κ1) is 36.5. The standard InChI is InChI=1S/C31H49N3O8S/c1-22-31(5,6)25-19-24(43-42-41-39)16-17-26(25)34(22)18-12-8-10-14-27(35)32-20-23(13-9-7-11-15-28(36)37)21-33-29(38)40-30(2,3)4/h16-17,19,23H,7-15,18,20-21H2,1-6H3,(H3-,32,33,35,36,37,38,39). The third kappa shape index (κ3) is 12.8. The molecule has 11 nitrogen and oxygen atoms in total.